The fraction of sp³-hybridized carbons (Fsp3) is 0.471. The van der Waals surface area contributed by atoms with E-state index >= 15 is 0 Å². The lowest BCUT2D eigenvalue weighted by atomic mass is 10.1. The number of hydrazine groups is 1. The summed E-state index contributed by atoms with van der Waals surface area (Å²) in [7, 11) is 0. The van der Waals surface area contributed by atoms with Gasteiger partial charge >= 0.3 is 12.1 Å². The number of rotatable bonds is 3. The van der Waals surface area contributed by atoms with E-state index in [2.05, 4.69) is 0 Å². The maximum Gasteiger partial charge on any atom is 0.426 e. The lowest BCUT2D eigenvalue weighted by molar-refractivity contribution is -0.153. The van der Waals surface area contributed by atoms with E-state index in [1.54, 1.807) is 45.0 Å². The zero-order valence-electron chi connectivity index (χ0n) is 14.1. The molecule has 0 aliphatic carbocycles. The smallest absolute Gasteiger partial charge is 0.426 e. The van der Waals surface area contributed by atoms with Crippen molar-refractivity contribution in [2.24, 2.45) is 0 Å². The average molecular weight is 334 g/mol. The van der Waals surface area contributed by atoms with Crippen molar-refractivity contribution >= 4 is 18.0 Å². The van der Waals surface area contributed by atoms with Crippen LogP contribution in [0.4, 0.5) is 4.79 Å². The predicted molar refractivity (Wildman–Crippen MR) is 86.4 cm³/mol. The first-order valence-electron chi connectivity index (χ1n) is 7.80. The highest BCUT2D eigenvalue weighted by Crippen LogP contribution is 2.16. The van der Waals surface area contributed by atoms with Crippen LogP contribution in [0.25, 0.3) is 0 Å². The molecular formula is C17H22N2O5. The highest BCUT2D eigenvalue weighted by Gasteiger charge is 2.31. The second-order valence-electron chi connectivity index (χ2n) is 6.65. The zero-order valence-corrected chi connectivity index (χ0v) is 14.1. The molecule has 7 nitrogen and oxygen atoms in total. The van der Waals surface area contributed by atoms with Gasteiger partial charge in [-0.2, -0.15) is 0 Å². The molecule has 0 aromatic heterocycles. The van der Waals surface area contributed by atoms with Crippen molar-refractivity contribution < 1.29 is 24.2 Å². The Morgan fingerprint density at radius 1 is 1.08 bits per heavy atom. The van der Waals surface area contributed by atoms with Gasteiger partial charge in [-0.15, -0.1) is 0 Å². The van der Waals surface area contributed by atoms with E-state index in [0.29, 0.717) is 25.1 Å². The summed E-state index contributed by atoms with van der Waals surface area (Å²) < 4.78 is 5.25. The highest BCUT2D eigenvalue weighted by molar-refractivity contribution is 5.95. The van der Waals surface area contributed by atoms with Gasteiger partial charge in [0.15, 0.2) is 0 Å². The Morgan fingerprint density at radius 2 is 1.67 bits per heavy atom. The van der Waals surface area contributed by atoms with Gasteiger partial charge in [-0.25, -0.2) is 14.8 Å². The van der Waals surface area contributed by atoms with Gasteiger partial charge < -0.3 is 9.84 Å². The summed E-state index contributed by atoms with van der Waals surface area (Å²) >= 11 is 0. The number of amides is 2. The molecule has 0 saturated carbocycles. The molecule has 1 aliphatic heterocycles. The number of nitrogens with zero attached hydrogens (tertiary/aromatic N) is 2. The predicted octanol–water partition coefficient (Wildman–Crippen LogP) is 2.31. The summed E-state index contributed by atoms with van der Waals surface area (Å²) in [4.78, 5) is 35.3. The summed E-state index contributed by atoms with van der Waals surface area (Å²) in [6.45, 7) is 6.10. The molecule has 1 aromatic rings. The van der Waals surface area contributed by atoms with Crippen LogP contribution in [0.1, 0.15) is 43.1 Å². The minimum absolute atomic E-state index is 0.122. The molecule has 1 fully saturated rings. The summed E-state index contributed by atoms with van der Waals surface area (Å²) in [5.41, 5.74) is 0.580. The Morgan fingerprint density at radius 3 is 2.21 bits per heavy atom. The Labute approximate surface area is 140 Å². The maximum atomic E-state index is 12.4. The summed E-state index contributed by atoms with van der Waals surface area (Å²) in [5, 5.41) is 11.3. The van der Waals surface area contributed by atoms with Crippen molar-refractivity contribution in [3.8, 4) is 0 Å². The summed E-state index contributed by atoms with van der Waals surface area (Å²) in [6.07, 6.45) is -0.395. The molecule has 0 radical (unpaired) electrons. The van der Waals surface area contributed by atoms with Gasteiger partial charge in [0.1, 0.15) is 5.60 Å². The van der Waals surface area contributed by atoms with Crippen molar-refractivity contribution in [1.82, 2.24) is 10.0 Å². The third-order valence-electron chi connectivity index (χ3n) is 3.46. The van der Waals surface area contributed by atoms with Crippen molar-refractivity contribution in [2.75, 3.05) is 13.1 Å². The Balaban J connectivity index is 2.02. The van der Waals surface area contributed by atoms with Crippen molar-refractivity contribution in [3.63, 3.8) is 0 Å². The van der Waals surface area contributed by atoms with Crippen LogP contribution in [0.2, 0.25) is 0 Å². The van der Waals surface area contributed by atoms with E-state index in [-0.39, 0.29) is 18.3 Å². The Hall–Kier alpha value is -2.57. The standard InChI is InChI=1S/C17H22N2O5/c1-17(2,3)24-14(20)11-12-5-7-13(8-6-12)15(21)18-9-4-10-19(18)16(22)23/h5-8H,4,9-11H2,1-3H3,(H,22,23). The van der Waals surface area contributed by atoms with Crippen molar-refractivity contribution in [1.29, 1.82) is 0 Å². The lowest BCUT2D eigenvalue weighted by Gasteiger charge is -2.25. The van der Waals surface area contributed by atoms with Gasteiger partial charge in [0.05, 0.1) is 6.42 Å². The molecule has 1 saturated heterocycles. The number of benzene rings is 1. The number of esters is 1. The van der Waals surface area contributed by atoms with Crippen molar-refractivity contribution in [3.05, 3.63) is 35.4 Å². The Bertz CT molecular complexity index is 633. The molecular weight excluding hydrogens is 312 g/mol. The number of carbonyl (C=O) groups is 3. The third-order valence-corrected chi connectivity index (χ3v) is 3.46. The number of ether oxygens (including phenoxy) is 1. The minimum atomic E-state index is -1.14. The first-order chi connectivity index (χ1) is 11.2. The van der Waals surface area contributed by atoms with Crippen LogP contribution in [0.15, 0.2) is 24.3 Å². The fourth-order valence-electron chi connectivity index (χ4n) is 2.48. The molecule has 130 valence electrons. The second kappa shape index (κ2) is 6.90. The van der Waals surface area contributed by atoms with E-state index < -0.39 is 11.7 Å². The zero-order chi connectivity index (χ0) is 17.9. The van der Waals surface area contributed by atoms with Crippen LogP contribution >= 0.6 is 0 Å². The van der Waals surface area contributed by atoms with E-state index in [0.717, 1.165) is 10.6 Å². The molecule has 0 unspecified atom stereocenters. The minimum Gasteiger partial charge on any atom is -0.464 e. The highest BCUT2D eigenvalue weighted by atomic mass is 16.6. The topological polar surface area (TPSA) is 87.2 Å². The van der Waals surface area contributed by atoms with Crippen molar-refractivity contribution in [2.45, 2.75) is 39.2 Å². The van der Waals surface area contributed by atoms with Gasteiger partial charge in [0.25, 0.3) is 5.91 Å². The number of hydrogen-bond donors (Lipinski definition) is 1. The van der Waals surface area contributed by atoms with E-state index in [1.165, 1.54) is 5.01 Å². The number of carboxylic acid groups (broad SMARTS) is 1. The molecule has 7 heteroatoms. The molecule has 0 spiro atoms. The van der Waals surface area contributed by atoms with Crippen LogP contribution in [-0.2, 0) is 16.0 Å². The largest absolute Gasteiger partial charge is 0.464 e. The van der Waals surface area contributed by atoms with Gasteiger partial charge in [-0.05, 0) is 44.9 Å². The second-order valence-corrected chi connectivity index (χ2v) is 6.65. The van der Waals surface area contributed by atoms with Crippen LogP contribution in [0.3, 0.4) is 0 Å². The quantitative estimate of drug-likeness (QED) is 0.857. The Kier molecular flexibility index (Phi) is 5.11. The molecule has 1 aromatic carbocycles. The molecule has 2 amide bonds. The molecule has 24 heavy (non-hydrogen) atoms. The molecule has 0 bridgehead atoms. The van der Waals surface area contributed by atoms with Gasteiger partial charge in [0, 0.05) is 18.7 Å². The van der Waals surface area contributed by atoms with Crippen LogP contribution in [0, 0.1) is 0 Å². The first kappa shape index (κ1) is 17.8. The molecule has 0 atom stereocenters. The number of carbonyl (C=O) groups excluding carboxylic acids is 2. The van der Waals surface area contributed by atoms with E-state index in [1.807, 2.05) is 0 Å². The summed E-state index contributed by atoms with van der Waals surface area (Å²) in [6, 6.07) is 6.55. The average Bonchev–Trinajstić information content (AvgIpc) is 2.94. The van der Waals surface area contributed by atoms with Crippen LogP contribution in [0.5, 0.6) is 0 Å². The molecule has 2 rings (SSSR count). The lowest BCUT2D eigenvalue weighted by Crippen LogP contribution is -2.44. The summed E-state index contributed by atoms with van der Waals surface area (Å²) in [5.74, 6) is -0.697. The van der Waals surface area contributed by atoms with E-state index in [4.69, 9.17) is 9.84 Å². The van der Waals surface area contributed by atoms with E-state index in [9.17, 15) is 14.4 Å². The number of hydrogen-bond acceptors (Lipinski definition) is 4. The van der Waals surface area contributed by atoms with Crippen LogP contribution in [-0.4, -0.2) is 51.8 Å². The normalized spacial score (nSPS) is 14.6. The maximum absolute atomic E-state index is 12.4. The van der Waals surface area contributed by atoms with Gasteiger partial charge in [-0.1, -0.05) is 12.1 Å². The molecule has 1 aliphatic rings. The first-order valence-corrected chi connectivity index (χ1v) is 7.80. The SMILES string of the molecule is CC(C)(C)OC(=O)Cc1ccc(C(=O)N2CCCN2C(=O)O)cc1. The molecule has 1 heterocycles. The van der Waals surface area contributed by atoms with Crippen LogP contribution < -0.4 is 0 Å². The van der Waals surface area contributed by atoms with Gasteiger partial charge in [0.2, 0.25) is 0 Å². The molecule has 1 N–H and O–H groups in total. The fourth-order valence-corrected chi connectivity index (χ4v) is 2.48. The monoisotopic (exact) mass is 334 g/mol. The third kappa shape index (κ3) is 4.47. The van der Waals surface area contributed by atoms with Gasteiger partial charge in [-0.3, -0.25) is 9.59 Å².